The first-order valence-corrected chi connectivity index (χ1v) is 7.99. The highest BCUT2D eigenvalue weighted by molar-refractivity contribution is 5.80. The van der Waals surface area contributed by atoms with Gasteiger partial charge in [0.05, 0.1) is 6.07 Å². The number of hydrogen-bond acceptors (Lipinski definition) is 2. The molecule has 0 aliphatic heterocycles. The van der Waals surface area contributed by atoms with Gasteiger partial charge in [0.1, 0.15) is 5.54 Å². The van der Waals surface area contributed by atoms with E-state index in [0.29, 0.717) is 0 Å². The van der Waals surface area contributed by atoms with Crippen LogP contribution in [0.5, 0.6) is 0 Å². The van der Waals surface area contributed by atoms with E-state index in [4.69, 9.17) is 0 Å². The average molecular weight is 262 g/mol. The Hall–Kier alpha value is -1.04. The van der Waals surface area contributed by atoms with E-state index < -0.39 is 5.54 Å². The second-order valence-electron chi connectivity index (χ2n) is 6.29. The molecule has 19 heavy (non-hydrogen) atoms. The van der Waals surface area contributed by atoms with E-state index in [1.807, 2.05) is 0 Å². The smallest absolute Gasteiger partial charge is 0.224 e. The molecule has 0 unspecified atom stereocenters. The van der Waals surface area contributed by atoms with E-state index in [1.165, 1.54) is 25.7 Å². The molecule has 0 heterocycles. The zero-order valence-electron chi connectivity index (χ0n) is 11.9. The summed E-state index contributed by atoms with van der Waals surface area (Å²) in [4.78, 5) is 12.4. The molecule has 0 atom stereocenters. The maximum Gasteiger partial charge on any atom is 0.224 e. The fourth-order valence-electron chi connectivity index (χ4n) is 3.48. The van der Waals surface area contributed by atoms with E-state index in [9.17, 15) is 10.1 Å². The topological polar surface area (TPSA) is 52.9 Å². The third-order valence-corrected chi connectivity index (χ3v) is 4.76. The molecule has 0 bridgehead atoms. The molecule has 2 aliphatic rings. The van der Waals surface area contributed by atoms with E-state index in [1.54, 1.807) is 0 Å². The van der Waals surface area contributed by atoms with Gasteiger partial charge >= 0.3 is 0 Å². The van der Waals surface area contributed by atoms with Crippen LogP contribution in [-0.2, 0) is 4.79 Å². The molecule has 0 aromatic carbocycles. The molecule has 0 spiro atoms. The molecule has 1 amide bonds. The molecule has 0 aromatic heterocycles. The number of nitrogens with zero attached hydrogens (tertiary/aromatic N) is 1. The van der Waals surface area contributed by atoms with Gasteiger partial charge in [-0.25, -0.2) is 0 Å². The fraction of sp³-hybridized carbons (Fsp3) is 0.875. The quantitative estimate of drug-likeness (QED) is 0.825. The summed E-state index contributed by atoms with van der Waals surface area (Å²) in [6.07, 6.45) is 13.1. The maximum absolute atomic E-state index is 12.4. The standard InChI is InChI=1S/C16H26N2O/c17-13-16(11-7-2-1-3-8-12-16)18-15(19)14-9-5-4-6-10-14/h14H,1-12H2,(H,18,19). The van der Waals surface area contributed by atoms with Gasteiger partial charge in [-0.05, 0) is 25.7 Å². The second kappa shape index (κ2) is 6.93. The SMILES string of the molecule is N#CC1(NC(=O)C2CCCCC2)CCCCCCC1. The summed E-state index contributed by atoms with van der Waals surface area (Å²) in [7, 11) is 0. The highest BCUT2D eigenvalue weighted by atomic mass is 16.2. The second-order valence-corrected chi connectivity index (χ2v) is 6.29. The Kier molecular flexibility index (Phi) is 5.24. The van der Waals surface area contributed by atoms with Crippen LogP contribution in [0.4, 0.5) is 0 Å². The number of amides is 1. The normalized spacial score (nSPS) is 24.8. The lowest BCUT2D eigenvalue weighted by Gasteiger charge is -2.32. The minimum atomic E-state index is -0.574. The minimum absolute atomic E-state index is 0.141. The average Bonchev–Trinajstić information content (AvgIpc) is 2.43. The van der Waals surface area contributed by atoms with E-state index in [2.05, 4.69) is 11.4 Å². The molecule has 0 saturated heterocycles. The summed E-state index contributed by atoms with van der Waals surface area (Å²) < 4.78 is 0. The van der Waals surface area contributed by atoms with Crippen molar-refractivity contribution in [3.63, 3.8) is 0 Å². The molecule has 0 radical (unpaired) electrons. The predicted molar refractivity (Wildman–Crippen MR) is 75.4 cm³/mol. The minimum Gasteiger partial charge on any atom is -0.338 e. The zero-order valence-corrected chi connectivity index (χ0v) is 11.9. The summed E-state index contributed by atoms with van der Waals surface area (Å²) >= 11 is 0. The van der Waals surface area contributed by atoms with Crippen LogP contribution >= 0.6 is 0 Å². The van der Waals surface area contributed by atoms with E-state index in [-0.39, 0.29) is 11.8 Å². The van der Waals surface area contributed by atoms with Gasteiger partial charge in [-0.2, -0.15) is 5.26 Å². The van der Waals surface area contributed by atoms with Crippen LogP contribution in [-0.4, -0.2) is 11.4 Å². The van der Waals surface area contributed by atoms with Gasteiger partial charge in [-0.15, -0.1) is 0 Å². The molecular formula is C16H26N2O. The van der Waals surface area contributed by atoms with E-state index >= 15 is 0 Å². The Morgan fingerprint density at radius 2 is 1.47 bits per heavy atom. The van der Waals surface area contributed by atoms with Crippen molar-refractivity contribution in [3.05, 3.63) is 0 Å². The summed E-state index contributed by atoms with van der Waals surface area (Å²) in [6, 6.07) is 2.42. The van der Waals surface area contributed by atoms with Crippen molar-refractivity contribution < 1.29 is 4.79 Å². The highest BCUT2D eigenvalue weighted by Gasteiger charge is 2.34. The van der Waals surface area contributed by atoms with Crippen LogP contribution in [0.25, 0.3) is 0 Å². The largest absolute Gasteiger partial charge is 0.338 e. The Bertz CT molecular complexity index is 331. The summed E-state index contributed by atoms with van der Waals surface area (Å²) in [5.41, 5.74) is -0.574. The number of carbonyl (C=O) groups excluding carboxylic acids is 1. The molecule has 2 saturated carbocycles. The number of nitriles is 1. The fourth-order valence-corrected chi connectivity index (χ4v) is 3.48. The van der Waals surface area contributed by atoms with Crippen molar-refractivity contribution in [2.45, 2.75) is 82.6 Å². The van der Waals surface area contributed by atoms with Gasteiger partial charge in [0, 0.05) is 5.92 Å². The third-order valence-electron chi connectivity index (χ3n) is 4.76. The first-order valence-electron chi connectivity index (χ1n) is 7.99. The lowest BCUT2D eigenvalue weighted by Crippen LogP contribution is -2.50. The van der Waals surface area contributed by atoms with Crippen LogP contribution in [0, 0.1) is 17.2 Å². The van der Waals surface area contributed by atoms with E-state index in [0.717, 1.165) is 51.4 Å². The van der Waals surface area contributed by atoms with Gasteiger partial charge in [-0.1, -0.05) is 51.4 Å². The molecule has 2 rings (SSSR count). The number of carbonyl (C=O) groups is 1. The van der Waals surface area contributed by atoms with Gasteiger partial charge in [0.2, 0.25) is 5.91 Å². The van der Waals surface area contributed by atoms with Crippen molar-refractivity contribution in [2.24, 2.45) is 5.92 Å². The van der Waals surface area contributed by atoms with Crippen molar-refractivity contribution in [3.8, 4) is 6.07 Å². The van der Waals surface area contributed by atoms with Crippen molar-refractivity contribution in [1.29, 1.82) is 5.26 Å². The predicted octanol–water partition coefficient (Wildman–Crippen LogP) is 3.69. The van der Waals surface area contributed by atoms with Gasteiger partial charge in [0.15, 0.2) is 0 Å². The first kappa shape index (κ1) is 14.4. The Balaban J connectivity index is 1.95. The molecule has 2 fully saturated rings. The molecule has 3 heteroatoms. The monoisotopic (exact) mass is 262 g/mol. The lowest BCUT2D eigenvalue weighted by molar-refractivity contribution is -0.127. The van der Waals surface area contributed by atoms with Crippen molar-refractivity contribution >= 4 is 5.91 Å². The zero-order chi connectivity index (χ0) is 13.6. The van der Waals surface area contributed by atoms with Gasteiger partial charge in [0.25, 0.3) is 0 Å². The van der Waals surface area contributed by atoms with Crippen LogP contribution in [0.1, 0.15) is 77.0 Å². The van der Waals surface area contributed by atoms with Gasteiger partial charge in [-0.3, -0.25) is 4.79 Å². The molecule has 1 N–H and O–H groups in total. The summed E-state index contributed by atoms with van der Waals surface area (Å²) in [5, 5.41) is 12.7. The Morgan fingerprint density at radius 3 is 2.05 bits per heavy atom. The van der Waals surface area contributed by atoms with Crippen molar-refractivity contribution in [1.82, 2.24) is 5.32 Å². The number of rotatable bonds is 2. The molecule has 106 valence electrons. The highest BCUT2D eigenvalue weighted by Crippen LogP contribution is 2.28. The van der Waals surface area contributed by atoms with Crippen LogP contribution in [0.2, 0.25) is 0 Å². The summed E-state index contributed by atoms with van der Waals surface area (Å²) in [6.45, 7) is 0. The first-order chi connectivity index (χ1) is 9.26. The molecular weight excluding hydrogens is 236 g/mol. The lowest BCUT2D eigenvalue weighted by atomic mass is 9.83. The van der Waals surface area contributed by atoms with Crippen LogP contribution in [0.3, 0.4) is 0 Å². The number of hydrogen-bond donors (Lipinski definition) is 1. The van der Waals surface area contributed by atoms with Crippen molar-refractivity contribution in [2.75, 3.05) is 0 Å². The van der Waals surface area contributed by atoms with Crippen LogP contribution < -0.4 is 5.32 Å². The molecule has 3 nitrogen and oxygen atoms in total. The van der Waals surface area contributed by atoms with Crippen LogP contribution in [0.15, 0.2) is 0 Å². The molecule has 0 aromatic rings. The molecule has 2 aliphatic carbocycles. The maximum atomic E-state index is 12.4. The Morgan fingerprint density at radius 1 is 0.947 bits per heavy atom. The summed E-state index contributed by atoms with van der Waals surface area (Å²) in [5.74, 6) is 0.297. The third kappa shape index (κ3) is 3.96. The van der Waals surface area contributed by atoms with Gasteiger partial charge < -0.3 is 5.32 Å². The Labute approximate surface area is 116 Å². The number of nitrogens with one attached hydrogen (secondary N) is 1.